The number of anilines is 1. The van der Waals surface area contributed by atoms with Gasteiger partial charge in [0.15, 0.2) is 17.8 Å². The molecule has 290 valence electrons. The number of carbonyl (C=O) groups is 1. The number of imidazole rings is 2. The average Bonchev–Trinajstić information content (AvgIpc) is 3.96. The molecule has 17 nitrogen and oxygen atoms in total. The fraction of sp³-hybridized carbons (Fsp3) is 0.308. The zero-order valence-corrected chi connectivity index (χ0v) is 31.0. The number of ether oxygens (including phenoxy) is 4. The van der Waals surface area contributed by atoms with Gasteiger partial charge < -0.3 is 34.2 Å². The number of H-pyrrole nitrogens is 1. The molecule has 0 spiro atoms. The van der Waals surface area contributed by atoms with E-state index in [1.54, 1.807) is 28.1 Å². The quantitative estimate of drug-likeness (QED) is 0.0892. The number of nitrogens with one attached hydrogen (secondary N) is 1. The predicted octanol–water partition coefficient (Wildman–Crippen LogP) is 4.55. The van der Waals surface area contributed by atoms with Crippen LogP contribution in [0.4, 0.5) is 11.9 Å². The molecule has 0 radical (unpaired) electrons. The maximum atomic E-state index is 13.4. The third kappa shape index (κ3) is 7.10. The molecule has 4 heterocycles. The molecule has 0 bridgehead atoms. The van der Waals surface area contributed by atoms with Crippen molar-refractivity contribution in [3.63, 3.8) is 0 Å². The Hall–Kier alpha value is -6.43. The summed E-state index contributed by atoms with van der Waals surface area (Å²) in [4.78, 5) is 54.1. The number of hydrogen-bond acceptors (Lipinski definition) is 12. The molecule has 0 aliphatic carbocycles. The van der Waals surface area contributed by atoms with Crippen LogP contribution in [0.1, 0.15) is 43.2 Å². The lowest BCUT2D eigenvalue weighted by molar-refractivity contribution is -0.396. The number of carbonyl (C=O) groups excluding carboxylic acids is 1. The van der Waals surface area contributed by atoms with Crippen LogP contribution in [0.2, 0.25) is 0 Å². The summed E-state index contributed by atoms with van der Waals surface area (Å²) >= 11 is 0. The molecule has 3 aromatic heterocycles. The molecule has 0 saturated carbocycles. The highest BCUT2D eigenvalue weighted by molar-refractivity contribution is 5.93. The van der Waals surface area contributed by atoms with Gasteiger partial charge in [0.25, 0.3) is 5.56 Å². The van der Waals surface area contributed by atoms with Crippen molar-refractivity contribution >= 4 is 29.0 Å². The molecule has 1 amide bonds. The van der Waals surface area contributed by atoms with Gasteiger partial charge in [0.2, 0.25) is 11.9 Å². The molecule has 1 aliphatic heterocycles. The number of nitrogens with zero attached hydrogens (tertiary/aromatic N) is 7. The smallest absolute Gasteiger partial charge is 0.436 e. The second kappa shape index (κ2) is 15.7. The Labute approximate surface area is 320 Å². The Morgan fingerprint density at radius 3 is 2.23 bits per heavy atom. The van der Waals surface area contributed by atoms with E-state index in [0.29, 0.717) is 11.5 Å². The third-order valence-corrected chi connectivity index (χ3v) is 9.74. The number of benzene rings is 3. The van der Waals surface area contributed by atoms with Gasteiger partial charge in [-0.05, 0) is 45.9 Å². The zero-order chi connectivity index (χ0) is 39.6. The molecule has 0 unspecified atom stereocenters. The summed E-state index contributed by atoms with van der Waals surface area (Å²) in [6.45, 7) is 2.91. The van der Waals surface area contributed by atoms with Crippen LogP contribution in [-0.4, -0.2) is 78.0 Å². The number of hydrogen-bond donors (Lipinski definition) is 2. The monoisotopic (exact) mass is 764 g/mol. The first kappa shape index (κ1) is 37.9. The van der Waals surface area contributed by atoms with Gasteiger partial charge in [-0.1, -0.05) is 73.4 Å². The molecular formula is C39H40N8O9. The molecule has 56 heavy (non-hydrogen) atoms. The summed E-state index contributed by atoms with van der Waals surface area (Å²) < 4.78 is 27.0. The van der Waals surface area contributed by atoms with Crippen molar-refractivity contribution in [2.75, 3.05) is 25.7 Å². The van der Waals surface area contributed by atoms with Gasteiger partial charge >= 0.3 is 5.95 Å². The Kier molecular flexibility index (Phi) is 10.6. The van der Waals surface area contributed by atoms with Crippen LogP contribution in [0.3, 0.4) is 0 Å². The molecular weight excluding hydrogens is 724 g/mol. The number of aliphatic hydroxyl groups is 1. The van der Waals surface area contributed by atoms with Crippen LogP contribution >= 0.6 is 0 Å². The minimum Gasteiger partial charge on any atom is -0.497 e. The van der Waals surface area contributed by atoms with E-state index < -0.39 is 52.3 Å². The van der Waals surface area contributed by atoms with Gasteiger partial charge in [-0.3, -0.25) is 19.1 Å². The van der Waals surface area contributed by atoms with E-state index in [1.165, 1.54) is 23.3 Å². The molecule has 1 fully saturated rings. The summed E-state index contributed by atoms with van der Waals surface area (Å²) in [5.74, 6) is -0.317. The van der Waals surface area contributed by atoms with Crippen molar-refractivity contribution in [2.24, 2.45) is 5.92 Å². The maximum absolute atomic E-state index is 13.4. The standard InChI is InChI=1S/C39H40N8O9/c1-24(2)36(50)46(23-44-19-18-40-38(44)47(51)52)37-42-34-33(35(49)43-37)41-22-45(34)32-20-30(48)31(56-32)21-55-39(25-8-6-5-7-9-25,26-10-14-28(53-3)15-11-26)27-12-16-29(54-4)17-13-27/h5-19,22,24,30-32,48H,20-21,23H2,1-4H3,(H,42,43,49)/t30-,31+,32+/m0/s1. The Morgan fingerprint density at radius 1 is 1.02 bits per heavy atom. The van der Waals surface area contributed by atoms with E-state index in [2.05, 4.69) is 19.9 Å². The van der Waals surface area contributed by atoms with Crippen molar-refractivity contribution in [2.45, 2.75) is 51.0 Å². The number of methoxy groups -OCH3 is 2. The normalized spacial score (nSPS) is 17.0. The lowest BCUT2D eigenvalue weighted by atomic mass is 9.80. The Balaban J connectivity index is 1.22. The van der Waals surface area contributed by atoms with Crippen molar-refractivity contribution in [1.82, 2.24) is 29.1 Å². The van der Waals surface area contributed by atoms with E-state index in [9.17, 15) is 24.8 Å². The Bertz CT molecular complexity index is 2330. The number of aromatic nitrogens is 6. The first-order valence-corrected chi connectivity index (χ1v) is 17.8. The van der Waals surface area contributed by atoms with E-state index in [1.807, 2.05) is 78.9 Å². The average molecular weight is 765 g/mol. The van der Waals surface area contributed by atoms with E-state index in [-0.39, 0.29) is 36.8 Å². The number of aliphatic hydroxyl groups excluding tert-OH is 1. The van der Waals surface area contributed by atoms with Gasteiger partial charge in [-0.25, -0.2) is 14.5 Å². The van der Waals surface area contributed by atoms with Gasteiger partial charge in [-0.15, -0.1) is 0 Å². The second-order valence-corrected chi connectivity index (χ2v) is 13.5. The number of aromatic amines is 1. The summed E-state index contributed by atoms with van der Waals surface area (Å²) in [5, 5.41) is 23.0. The summed E-state index contributed by atoms with van der Waals surface area (Å²) in [6.07, 6.45) is 1.41. The van der Waals surface area contributed by atoms with Gasteiger partial charge in [0, 0.05) is 12.3 Å². The van der Waals surface area contributed by atoms with Crippen molar-refractivity contribution in [3.05, 3.63) is 135 Å². The van der Waals surface area contributed by atoms with E-state index >= 15 is 0 Å². The van der Waals surface area contributed by atoms with Crippen LogP contribution in [0.25, 0.3) is 11.2 Å². The molecule has 3 atom stereocenters. The lowest BCUT2D eigenvalue weighted by Gasteiger charge is -2.37. The fourth-order valence-corrected chi connectivity index (χ4v) is 6.86. The fourth-order valence-electron chi connectivity index (χ4n) is 6.86. The minimum absolute atomic E-state index is 0.0285. The van der Waals surface area contributed by atoms with E-state index in [0.717, 1.165) is 26.2 Å². The molecule has 1 saturated heterocycles. The first-order chi connectivity index (χ1) is 27.0. The van der Waals surface area contributed by atoms with E-state index in [4.69, 9.17) is 18.9 Å². The van der Waals surface area contributed by atoms with Crippen LogP contribution in [0.15, 0.2) is 102 Å². The van der Waals surface area contributed by atoms with Gasteiger partial charge in [0.05, 0.1) is 33.3 Å². The first-order valence-electron chi connectivity index (χ1n) is 17.8. The van der Waals surface area contributed by atoms with Crippen LogP contribution in [0.5, 0.6) is 11.5 Å². The molecule has 6 aromatic rings. The summed E-state index contributed by atoms with van der Waals surface area (Å²) in [6, 6.07) is 24.9. The topological polar surface area (TPSA) is 202 Å². The molecule has 17 heteroatoms. The highest BCUT2D eigenvalue weighted by atomic mass is 16.6. The second-order valence-electron chi connectivity index (χ2n) is 13.5. The largest absolute Gasteiger partial charge is 0.497 e. The van der Waals surface area contributed by atoms with Crippen LogP contribution < -0.4 is 19.9 Å². The lowest BCUT2D eigenvalue weighted by Crippen LogP contribution is -2.38. The number of nitro groups is 1. The van der Waals surface area contributed by atoms with Crippen LogP contribution in [0, 0.1) is 16.0 Å². The summed E-state index contributed by atoms with van der Waals surface area (Å²) in [5.41, 5.74) is 0.684. The van der Waals surface area contributed by atoms with Gasteiger partial charge in [-0.2, -0.15) is 4.98 Å². The van der Waals surface area contributed by atoms with Crippen molar-refractivity contribution in [1.29, 1.82) is 0 Å². The molecule has 2 N–H and O–H groups in total. The third-order valence-electron chi connectivity index (χ3n) is 9.74. The van der Waals surface area contributed by atoms with Crippen LogP contribution in [-0.2, 0) is 26.5 Å². The summed E-state index contributed by atoms with van der Waals surface area (Å²) in [7, 11) is 3.20. The maximum Gasteiger partial charge on any atom is 0.436 e. The molecule has 1 aliphatic rings. The minimum atomic E-state index is -1.16. The van der Waals surface area contributed by atoms with Gasteiger partial charge in [0.1, 0.15) is 41.8 Å². The number of amides is 1. The highest BCUT2D eigenvalue weighted by Gasteiger charge is 2.42. The number of fused-ring (bicyclic) bond motifs is 1. The predicted molar refractivity (Wildman–Crippen MR) is 202 cm³/mol. The van der Waals surface area contributed by atoms with Crippen molar-refractivity contribution in [3.8, 4) is 11.5 Å². The molecule has 3 aromatic carbocycles. The van der Waals surface area contributed by atoms with Crippen molar-refractivity contribution < 1.29 is 33.8 Å². The SMILES string of the molecule is COc1ccc(C(OC[C@H]2O[C@@H](n3cnc4c(=O)[nH]c(N(Cn5ccnc5[N+](=O)[O-])C(=O)C(C)C)nc43)C[C@@H]2O)(c2ccccc2)c2ccc(OC)cc2)cc1. The Morgan fingerprint density at radius 2 is 1.64 bits per heavy atom. The zero-order valence-electron chi connectivity index (χ0n) is 31.0. The molecule has 7 rings (SSSR count). The number of rotatable bonds is 14. The highest BCUT2D eigenvalue weighted by Crippen LogP contribution is 2.43.